The monoisotopic (exact) mass is 487 g/mol. The molecule has 0 bridgehead atoms. The van der Waals surface area contributed by atoms with Crippen molar-refractivity contribution in [2.75, 3.05) is 6.54 Å². The minimum Gasteiger partial charge on any atom is -0.334 e. The van der Waals surface area contributed by atoms with Crippen LogP contribution in [0.1, 0.15) is 36.6 Å². The third-order valence-electron chi connectivity index (χ3n) is 6.04. The van der Waals surface area contributed by atoms with Crippen LogP contribution in [0.2, 0.25) is 5.15 Å². The summed E-state index contributed by atoms with van der Waals surface area (Å²) in [6.45, 7) is 6.40. The Balaban J connectivity index is 1.49. The van der Waals surface area contributed by atoms with Crippen molar-refractivity contribution in [3.05, 3.63) is 52.2 Å². The topological polar surface area (TPSA) is 114 Å². The number of rotatable bonds is 4. The molecule has 0 spiro atoms. The Morgan fingerprint density at radius 1 is 1.21 bits per heavy atom. The van der Waals surface area contributed by atoms with E-state index in [0.29, 0.717) is 23.3 Å². The molecule has 2 aromatic heterocycles. The van der Waals surface area contributed by atoms with Gasteiger partial charge in [-0.05, 0) is 62.1 Å². The largest absolute Gasteiger partial charge is 0.336 e. The Morgan fingerprint density at radius 3 is 2.73 bits per heavy atom. The molecule has 33 heavy (non-hydrogen) atoms. The van der Waals surface area contributed by atoms with E-state index in [0.717, 1.165) is 43.0 Å². The molecule has 0 radical (unpaired) electrons. The lowest BCUT2D eigenvalue weighted by Gasteiger charge is -2.27. The fraction of sp³-hybridized carbons (Fsp3) is 0.318. The molecule has 1 N–H and O–H groups in total. The number of fused-ring (bicyclic) bond motifs is 2. The van der Waals surface area contributed by atoms with Gasteiger partial charge in [-0.3, -0.25) is 9.23 Å². The lowest BCUT2D eigenvalue weighted by Crippen LogP contribution is -2.35. The summed E-state index contributed by atoms with van der Waals surface area (Å²) in [5, 5.41) is 9.82. The second-order valence-corrected chi connectivity index (χ2v) is 10.2. The molecule has 0 saturated carbocycles. The number of aromatic nitrogens is 4. The molecule has 0 aliphatic carbocycles. The van der Waals surface area contributed by atoms with Gasteiger partial charge < -0.3 is 4.52 Å². The highest BCUT2D eigenvalue weighted by Crippen LogP contribution is 2.33. The zero-order valence-electron chi connectivity index (χ0n) is 18.3. The molecule has 3 heterocycles. The van der Waals surface area contributed by atoms with Crippen LogP contribution in [-0.4, -0.2) is 43.7 Å². The third-order valence-corrected chi connectivity index (χ3v) is 7.29. The molecule has 4 aromatic rings. The molecule has 0 amide bonds. The van der Waals surface area contributed by atoms with Gasteiger partial charge in [0.2, 0.25) is 5.82 Å². The minimum absolute atomic E-state index is 0.137. The van der Waals surface area contributed by atoms with E-state index < -0.39 is 10.3 Å². The first kappa shape index (κ1) is 22.0. The van der Waals surface area contributed by atoms with Crippen molar-refractivity contribution < 1.29 is 17.5 Å². The molecule has 2 aromatic carbocycles. The number of benzene rings is 2. The Morgan fingerprint density at radius 2 is 2.00 bits per heavy atom. The number of halogens is 1. The van der Waals surface area contributed by atoms with Gasteiger partial charge in [-0.25, -0.2) is 0 Å². The van der Waals surface area contributed by atoms with Crippen LogP contribution in [0.25, 0.3) is 33.7 Å². The maximum atomic E-state index is 11.5. The maximum Gasteiger partial charge on any atom is 0.336 e. The molecule has 0 saturated heterocycles. The standard InChI is InChI=1S/C22H22ClN5O4S/c1-12(2)28-19-7-5-14(10-18(19)20(23)25-28)22-24-21(26-32-22)17-6-4-15-11-27(33(29,30)31)9-8-16(15)13(17)3/h4-7,10,12H,8-9,11H2,1-3H3,(H,29,30,31). The highest BCUT2D eigenvalue weighted by atomic mass is 35.5. The average molecular weight is 488 g/mol. The lowest BCUT2D eigenvalue weighted by atomic mass is 9.92. The number of nitrogens with zero attached hydrogens (tertiary/aromatic N) is 5. The van der Waals surface area contributed by atoms with Crippen molar-refractivity contribution in [3.63, 3.8) is 0 Å². The van der Waals surface area contributed by atoms with Gasteiger partial charge in [-0.15, -0.1) is 0 Å². The second-order valence-electron chi connectivity index (χ2n) is 8.42. The van der Waals surface area contributed by atoms with Gasteiger partial charge in [-0.2, -0.15) is 22.8 Å². The molecule has 1 aliphatic rings. The molecule has 0 atom stereocenters. The van der Waals surface area contributed by atoms with Crippen molar-refractivity contribution in [3.8, 4) is 22.8 Å². The molecular formula is C22H22ClN5O4S. The van der Waals surface area contributed by atoms with E-state index >= 15 is 0 Å². The van der Waals surface area contributed by atoms with E-state index in [-0.39, 0.29) is 19.1 Å². The van der Waals surface area contributed by atoms with Crippen LogP contribution in [0.4, 0.5) is 0 Å². The van der Waals surface area contributed by atoms with Crippen LogP contribution < -0.4 is 0 Å². The maximum absolute atomic E-state index is 11.5. The summed E-state index contributed by atoms with van der Waals surface area (Å²) in [5.41, 5.74) is 5.34. The summed E-state index contributed by atoms with van der Waals surface area (Å²) >= 11 is 6.35. The number of hydrogen-bond donors (Lipinski definition) is 1. The van der Waals surface area contributed by atoms with Gasteiger partial charge in [0, 0.05) is 35.6 Å². The fourth-order valence-corrected chi connectivity index (χ4v) is 5.19. The van der Waals surface area contributed by atoms with E-state index in [1.807, 2.05) is 55.8 Å². The van der Waals surface area contributed by atoms with Crippen LogP contribution in [0.3, 0.4) is 0 Å². The molecular weight excluding hydrogens is 466 g/mol. The van der Waals surface area contributed by atoms with Crippen LogP contribution >= 0.6 is 11.6 Å². The van der Waals surface area contributed by atoms with Crippen molar-refractivity contribution in [2.45, 2.75) is 39.8 Å². The van der Waals surface area contributed by atoms with Gasteiger partial charge in [0.1, 0.15) is 0 Å². The molecule has 0 fully saturated rings. The zero-order chi connectivity index (χ0) is 23.5. The van der Waals surface area contributed by atoms with Crippen molar-refractivity contribution >= 4 is 32.8 Å². The first-order valence-corrected chi connectivity index (χ1v) is 12.3. The van der Waals surface area contributed by atoms with Crippen molar-refractivity contribution in [1.29, 1.82) is 0 Å². The highest BCUT2D eigenvalue weighted by molar-refractivity contribution is 7.83. The molecule has 5 rings (SSSR count). The first-order chi connectivity index (χ1) is 15.6. The van der Waals surface area contributed by atoms with Crippen molar-refractivity contribution in [2.24, 2.45) is 0 Å². The van der Waals surface area contributed by atoms with Gasteiger partial charge >= 0.3 is 10.3 Å². The van der Waals surface area contributed by atoms with Gasteiger partial charge in [0.15, 0.2) is 5.15 Å². The van der Waals surface area contributed by atoms with E-state index in [1.54, 1.807) is 0 Å². The summed E-state index contributed by atoms with van der Waals surface area (Å²) in [7, 11) is -4.21. The minimum atomic E-state index is -4.21. The SMILES string of the molecule is Cc1c(-c2noc(-c3ccc4c(c3)c(Cl)nn4C(C)C)n2)ccc2c1CCN(S(=O)(=O)O)C2. The van der Waals surface area contributed by atoms with Crippen LogP contribution in [0.5, 0.6) is 0 Å². The highest BCUT2D eigenvalue weighted by Gasteiger charge is 2.27. The van der Waals surface area contributed by atoms with E-state index in [9.17, 15) is 13.0 Å². The number of hydrogen-bond acceptors (Lipinski definition) is 6. The molecule has 1 aliphatic heterocycles. The van der Waals surface area contributed by atoms with E-state index in [4.69, 9.17) is 16.1 Å². The summed E-state index contributed by atoms with van der Waals surface area (Å²) in [5.74, 6) is 0.821. The third kappa shape index (κ3) is 3.82. The Kier molecular flexibility index (Phi) is 5.28. The van der Waals surface area contributed by atoms with Gasteiger partial charge in [0.05, 0.1) is 5.52 Å². The van der Waals surface area contributed by atoms with Gasteiger partial charge in [-0.1, -0.05) is 28.9 Å². The zero-order valence-corrected chi connectivity index (χ0v) is 19.9. The van der Waals surface area contributed by atoms with Crippen LogP contribution in [-0.2, 0) is 23.3 Å². The second kappa shape index (κ2) is 7.91. The van der Waals surface area contributed by atoms with E-state index in [2.05, 4.69) is 15.2 Å². The van der Waals surface area contributed by atoms with E-state index in [1.165, 1.54) is 0 Å². The normalized spacial score (nSPS) is 14.8. The summed E-state index contributed by atoms with van der Waals surface area (Å²) in [6.07, 6.45) is 0.495. The van der Waals surface area contributed by atoms with Crippen LogP contribution in [0.15, 0.2) is 34.9 Å². The average Bonchev–Trinajstić information content (AvgIpc) is 3.38. The first-order valence-electron chi connectivity index (χ1n) is 10.5. The van der Waals surface area contributed by atoms with Gasteiger partial charge in [0.25, 0.3) is 5.89 Å². The van der Waals surface area contributed by atoms with Crippen molar-refractivity contribution in [1.82, 2.24) is 24.2 Å². The summed E-state index contributed by atoms with van der Waals surface area (Å²) < 4.78 is 40.8. The molecule has 0 unspecified atom stereocenters. The van der Waals surface area contributed by atoms with Crippen LogP contribution in [0, 0.1) is 6.92 Å². The Bertz CT molecular complexity index is 1490. The lowest BCUT2D eigenvalue weighted by molar-refractivity contribution is 0.336. The molecule has 11 heteroatoms. The predicted molar refractivity (Wildman–Crippen MR) is 124 cm³/mol. The fourth-order valence-electron chi connectivity index (χ4n) is 4.33. The summed E-state index contributed by atoms with van der Waals surface area (Å²) in [6, 6.07) is 9.61. The summed E-state index contributed by atoms with van der Waals surface area (Å²) in [4.78, 5) is 4.60. The Labute approximate surface area is 195 Å². The predicted octanol–water partition coefficient (Wildman–Crippen LogP) is 4.46. The molecule has 9 nitrogen and oxygen atoms in total. The quantitative estimate of drug-likeness (QED) is 0.422. The molecule has 172 valence electrons. The smallest absolute Gasteiger partial charge is 0.334 e. The Hall–Kier alpha value is -2.79.